The van der Waals surface area contributed by atoms with Crippen molar-refractivity contribution >= 4 is 17.6 Å². The van der Waals surface area contributed by atoms with E-state index in [1.165, 1.54) is 13.2 Å². The largest absolute Gasteiger partial charge is 0.465 e. The van der Waals surface area contributed by atoms with Gasteiger partial charge in [-0.05, 0) is 35.9 Å². The predicted molar refractivity (Wildman–Crippen MR) is 103 cm³/mol. The van der Waals surface area contributed by atoms with E-state index in [0.29, 0.717) is 16.1 Å². The van der Waals surface area contributed by atoms with Crippen LogP contribution < -0.4 is 4.74 Å². The smallest absolute Gasteiger partial charge is 0.337 e. The Hall–Kier alpha value is -2.20. The lowest BCUT2D eigenvalue weighted by molar-refractivity contribution is -0.277. The van der Waals surface area contributed by atoms with Gasteiger partial charge in [0.05, 0.1) is 24.3 Å². The summed E-state index contributed by atoms with van der Waals surface area (Å²) in [5, 5.41) is 39.3. The molecule has 1 saturated heterocycles. The lowest BCUT2D eigenvalue weighted by Gasteiger charge is -2.39. The van der Waals surface area contributed by atoms with E-state index in [9.17, 15) is 25.2 Å². The zero-order chi connectivity index (χ0) is 21.1. The molecule has 1 aliphatic rings. The van der Waals surface area contributed by atoms with Crippen molar-refractivity contribution in [3.63, 3.8) is 0 Å². The summed E-state index contributed by atoms with van der Waals surface area (Å²) in [4.78, 5) is 11.5. The maximum atomic E-state index is 11.5. The van der Waals surface area contributed by atoms with Crippen molar-refractivity contribution in [1.82, 2.24) is 0 Å². The van der Waals surface area contributed by atoms with E-state index in [1.807, 2.05) is 0 Å². The maximum Gasteiger partial charge on any atom is 0.337 e. The van der Waals surface area contributed by atoms with Gasteiger partial charge in [-0.25, -0.2) is 4.79 Å². The van der Waals surface area contributed by atoms with Gasteiger partial charge in [0.1, 0.15) is 30.2 Å². The number of hydrogen-bond donors (Lipinski definition) is 4. The molecule has 9 heteroatoms. The number of rotatable bonds is 5. The molecule has 0 radical (unpaired) electrons. The van der Waals surface area contributed by atoms with Crippen LogP contribution >= 0.6 is 11.6 Å². The summed E-state index contributed by atoms with van der Waals surface area (Å²) in [6.45, 7) is -0.550. The van der Waals surface area contributed by atoms with Gasteiger partial charge < -0.3 is 34.6 Å². The topological polar surface area (TPSA) is 126 Å². The Morgan fingerprint density at radius 2 is 1.76 bits per heavy atom. The van der Waals surface area contributed by atoms with Crippen LogP contribution in [0.1, 0.15) is 10.4 Å². The van der Waals surface area contributed by atoms with Crippen molar-refractivity contribution < 1.29 is 39.4 Å². The Bertz CT molecular complexity index is 854. The first-order valence-corrected chi connectivity index (χ1v) is 9.19. The average molecular weight is 425 g/mol. The van der Waals surface area contributed by atoms with Crippen LogP contribution in [-0.4, -0.2) is 70.8 Å². The van der Waals surface area contributed by atoms with Crippen LogP contribution in [0.4, 0.5) is 0 Å². The minimum atomic E-state index is -1.53. The predicted octanol–water partition coefficient (Wildman–Crippen LogP) is 0.972. The van der Waals surface area contributed by atoms with Gasteiger partial charge in [0, 0.05) is 5.56 Å². The van der Waals surface area contributed by atoms with E-state index in [2.05, 4.69) is 4.74 Å². The van der Waals surface area contributed by atoms with Crippen molar-refractivity contribution in [2.75, 3.05) is 13.7 Å². The molecule has 8 nitrogen and oxygen atoms in total. The summed E-state index contributed by atoms with van der Waals surface area (Å²) in [6, 6.07) is 11.5. The quantitative estimate of drug-likeness (QED) is 0.523. The first-order chi connectivity index (χ1) is 13.8. The molecule has 156 valence electrons. The summed E-state index contributed by atoms with van der Waals surface area (Å²) in [7, 11) is 1.31. The Kier molecular flexibility index (Phi) is 6.74. The highest BCUT2D eigenvalue weighted by molar-refractivity contribution is 6.33. The molecule has 2 aromatic rings. The van der Waals surface area contributed by atoms with Crippen molar-refractivity contribution in [3.8, 4) is 16.9 Å². The van der Waals surface area contributed by atoms with Crippen molar-refractivity contribution in [2.45, 2.75) is 30.7 Å². The molecule has 0 aliphatic carbocycles. The number of carbonyl (C=O) groups is 1. The molecule has 5 atom stereocenters. The number of esters is 1. The van der Waals surface area contributed by atoms with Crippen molar-refractivity contribution in [2.24, 2.45) is 0 Å². The highest BCUT2D eigenvalue weighted by Gasteiger charge is 2.44. The molecule has 0 spiro atoms. The lowest BCUT2D eigenvalue weighted by atomic mass is 9.99. The van der Waals surface area contributed by atoms with E-state index >= 15 is 0 Å². The van der Waals surface area contributed by atoms with Crippen molar-refractivity contribution in [3.05, 3.63) is 53.1 Å². The molecule has 3 rings (SSSR count). The normalized spacial score (nSPS) is 26.8. The average Bonchev–Trinajstić information content (AvgIpc) is 2.74. The Balaban J connectivity index is 1.76. The monoisotopic (exact) mass is 424 g/mol. The van der Waals surface area contributed by atoms with Crippen LogP contribution in [0.5, 0.6) is 5.75 Å². The van der Waals surface area contributed by atoms with Gasteiger partial charge >= 0.3 is 5.97 Å². The maximum absolute atomic E-state index is 11.5. The molecule has 29 heavy (non-hydrogen) atoms. The third-order valence-electron chi connectivity index (χ3n) is 4.66. The molecule has 0 amide bonds. The van der Waals surface area contributed by atoms with Crippen LogP contribution in [0.25, 0.3) is 11.1 Å². The van der Waals surface area contributed by atoms with Crippen molar-refractivity contribution in [1.29, 1.82) is 0 Å². The zero-order valence-corrected chi connectivity index (χ0v) is 16.2. The van der Waals surface area contributed by atoms with Crippen LogP contribution in [0.15, 0.2) is 42.5 Å². The minimum Gasteiger partial charge on any atom is -0.465 e. The Morgan fingerprint density at radius 1 is 1.07 bits per heavy atom. The van der Waals surface area contributed by atoms with E-state index in [0.717, 1.165) is 5.56 Å². The molecule has 0 saturated carbocycles. The molecule has 0 bridgehead atoms. The highest BCUT2D eigenvalue weighted by Crippen LogP contribution is 2.33. The molecule has 2 unspecified atom stereocenters. The molecule has 1 aliphatic heterocycles. The van der Waals surface area contributed by atoms with Crippen LogP contribution in [0, 0.1) is 0 Å². The van der Waals surface area contributed by atoms with Gasteiger partial charge in [-0.1, -0.05) is 23.7 Å². The second-order valence-electron chi connectivity index (χ2n) is 6.53. The number of benzene rings is 2. The zero-order valence-electron chi connectivity index (χ0n) is 15.4. The molecule has 1 heterocycles. The summed E-state index contributed by atoms with van der Waals surface area (Å²) in [5.74, 6) is -0.180. The Morgan fingerprint density at radius 3 is 2.34 bits per heavy atom. The first-order valence-electron chi connectivity index (χ1n) is 8.81. The van der Waals surface area contributed by atoms with Crippen LogP contribution in [0.3, 0.4) is 0 Å². The van der Waals surface area contributed by atoms with Crippen LogP contribution in [-0.2, 0) is 9.47 Å². The van der Waals surface area contributed by atoms with Gasteiger partial charge in [-0.3, -0.25) is 0 Å². The molecular formula is C20H21ClO8. The number of hydrogen-bond acceptors (Lipinski definition) is 8. The second kappa shape index (κ2) is 9.08. The van der Waals surface area contributed by atoms with Gasteiger partial charge in [0.25, 0.3) is 0 Å². The molecule has 0 aromatic heterocycles. The molecule has 1 fully saturated rings. The fourth-order valence-corrected chi connectivity index (χ4v) is 3.29. The van der Waals surface area contributed by atoms with Gasteiger partial charge in [-0.15, -0.1) is 0 Å². The highest BCUT2D eigenvalue weighted by atomic mass is 35.5. The Labute approximate surface area is 171 Å². The molecule has 4 N–H and O–H groups in total. The first kappa shape index (κ1) is 21.5. The molecule has 2 aromatic carbocycles. The van der Waals surface area contributed by atoms with E-state index in [1.54, 1.807) is 36.4 Å². The van der Waals surface area contributed by atoms with E-state index in [4.69, 9.17) is 21.1 Å². The van der Waals surface area contributed by atoms with Gasteiger partial charge in [0.15, 0.2) is 0 Å². The SMILES string of the molecule is COC(=O)c1ccc(-c2ccc(O[C@H]3OC(CO)[C@@H](O)[C@H](O)C3O)cc2Cl)cc1. The fraction of sp³-hybridized carbons (Fsp3) is 0.350. The third-order valence-corrected chi connectivity index (χ3v) is 4.97. The standard InChI is InChI=1S/C20H21ClO8/c1-27-19(26)11-4-2-10(3-5-11)13-7-6-12(8-14(13)21)28-20-18(25)17(24)16(23)15(9-22)29-20/h2-8,15-18,20,22-25H,9H2,1H3/t15?,16-,17+,18?,20+/m1/s1. The second-order valence-corrected chi connectivity index (χ2v) is 6.93. The summed E-state index contributed by atoms with van der Waals surface area (Å²) in [5.41, 5.74) is 1.86. The summed E-state index contributed by atoms with van der Waals surface area (Å²) < 4.78 is 15.5. The van der Waals surface area contributed by atoms with Crippen LogP contribution in [0.2, 0.25) is 5.02 Å². The summed E-state index contributed by atoms with van der Waals surface area (Å²) >= 11 is 6.35. The van der Waals surface area contributed by atoms with Gasteiger partial charge in [0.2, 0.25) is 6.29 Å². The molecular weight excluding hydrogens is 404 g/mol. The number of aliphatic hydroxyl groups is 4. The fourth-order valence-electron chi connectivity index (χ4n) is 3.01. The lowest BCUT2D eigenvalue weighted by Crippen LogP contribution is -2.60. The number of methoxy groups -OCH3 is 1. The number of carbonyl (C=O) groups excluding carboxylic acids is 1. The third kappa shape index (κ3) is 4.53. The minimum absolute atomic E-state index is 0.259. The van der Waals surface area contributed by atoms with E-state index in [-0.39, 0.29) is 5.75 Å². The summed E-state index contributed by atoms with van der Waals surface area (Å²) in [6.07, 6.45) is -6.88. The number of ether oxygens (including phenoxy) is 3. The number of halogens is 1. The number of aliphatic hydroxyl groups excluding tert-OH is 4. The van der Waals surface area contributed by atoms with E-state index < -0.39 is 43.3 Å². The van der Waals surface area contributed by atoms with Gasteiger partial charge in [-0.2, -0.15) is 0 Å².